The second-order valence-electron chi connectivity index (χ2n) is 8.02. The van der Waals surface area contributed by atoms with Crippen LogP contribution in [-0.2, 0) is 0 Å². The number of benzene rings is 1. The summed E-state index contributed by atoms with van der Waals surface area (Å²) in [7, 11) is 1.75. The highest BCUT2D eigenvalue weighted by Crippen LogP contribution is 2.46. The monoisotopic (exact) mass is 381 g/mol. The molecule has 2 aromatic rings. The van der Waals surface area contributed by atoms with Crippen molar-refractivity contribution in [2.45, 2.75) is 30.8 Å². The Labute approximate surface area is 163 Å². The number of nitrogens with one attached hydrogen (secondary N) is 1. The largest absolute Gasteiger partial charge is 0.357 e. The van der Waals surface area contributed by atoms with Gasteiger partial charge in [-0.1, -0.05) is 12.1 Å². The molecule has 1 aromatic heterocycles. The molecular weight excluding hydrogens is 357 g/mol. The molecular formula is C21H24FN5O. The zero-order valence-electron chi connectivity index (χ0n) is 15.9. The number of likely N-dealkylation sites (tertiary alicyclic amines) is 1. The summed E-state index contributed by atoms with van der Waals surface area (Å²) in [5.74, 6) is 1.01. The Morgan fingerprint density at radius 2 is 1.79 bits per heavy atom. The van der Waals surface area contributed by atoms with Gasteiger partial charge in [0.2, 0.25) is 5.95 Å². The molecule has 4 fully saturated rings. The Morgan fingerprint density at radius 3 is 2.43 bits per heavy atom. The first-order valence-corrected chi connectivity index (χ1v) is 9.96. The van der Waals surface area contributed by atoms with Crippen LogP contribution in [0.4, 0.5) is 10.3 Å². The Morgan fingerprint density at radius 1 is 1.11 bits per heavy atom. The number of carbonyl (C=O) groups is 1. The minimum Gasteiger partial charge on any atom is -0.357 e. The maximum atomic E-state index is 13.5. The Kier molecular flexibility index (Phi) is 4.27. The van der Waals surface area contributed by atoms with Crippen LogP contribution in [0, 0.1) is 11.7 Å². The van der Waals surface area contributed by atoms with E-state index in [2.05, 4.69) is 20.2 Å². The van der Waals surface area contributed by atoms with Gasteiger partial charge in [-0.3, -0.25) is 9.69 Å². The van der Waals surface area contributed by atoms with Crippen molar-refractivity contribution in [1.29, 1.82) is 0 Å². The van der Waals surface area contributed by atoms with E-state index >= 15 is 0 Å². The van der Waals surface area contributed by atoms with Gasteiger partial charge < -0.3 is 10.2 Å². The van der Waals surface area contributed by atoms with Crippen LogP contribution in [0.15, 0.2) is 36.7 Å². The fourth-order valence-electron chi connectivity index (χ4n) is 5.39. The second kappa shape index (κ2) is 6.81. The van der Waals surface area contributed by atoms with Crippen LogP contribution in [-0.4, -0.2) is 64.4 Å². The lowest BCUT2D eigenvalue weighted by Crippen LogP contribution is -2.60. The SMILES string of the molecule is CNc1ncc(C(=O)N2C[C@H](c3ccc(F)cc3)[C@H]3[C@@H]2C2CCN3CC2)cn1. The average Bonchev–Trinajstić information content (AvgIpc) is 3.17. The van der Waals surface area contributed by atoms with Crippen molar-refractivity contribution < 1.29 is 9.18 Å². The third-order valence-electron chi connectivity index (χ3n) is 6.68. The number of piperidine rings is 3. The highest BCUT2D eigenvalue weighted by molar-refractivity contribution is 5.94. The molecule has 1 N–H and O–H groups in total. The number of rotatable bonds is 3. The lowest BCUT2D eigenvalue weighted by Gasteiger charge is -2.51. The molecule has 7 heteroatoms. The van der Waals surface area contributed by atoms with Gasteiger partial charge in [0.05, 0.1) is 11.6 Å². The molecule has 28 heavy (non-hydrogen) atoms. The van der Waals surface area contributed by atoms with E-state index < -0.39 is 0 Å². The summed E-state index contributed by atoms with van der Waals surface area (Å²) in [6.45, 7) is 2.83. The van der Waals surface area contributed by atoms with E-state index in [1.807, 2.05) is 17.0 Å². The molecule has 0 aliphatic carbocycles. The van der Waals surface area contributed by atoms with Crippen molar-refractivity contribution >= 4 is 11.9 Å². The zero-order valence-corrected chi connectivity index (χ0v) is 15.9. The number of anilines is 1. The number of halogens is 1. The molecule has 0 spiro atoms. The number of aromatic nitrogens is 2. The summed E-state index contributed by atoms with van der Waals surface area (Å²) in [5, 5.41) is 2.88. The minimum atomic E-state index is -0.224. The van der Waals surface area contributed by atoms with E-state index in [0.717, 1.165) is 31.5 Å². The second-order valence-corrected chi connectivity index (χ2v) is 8.02. The first-order valence-electron chi connectivity index (χ1n) is 9.96. The molecule has 0 unspecified atom stereocenters. The highest BCUT2D eigenvalue weighted by Gasteiger charge is 2.54. The van der Waals surface area contributed by atoms with Crippen LogP contribution in [0.3, 0.4) is 0 Å². The van der Waals surface area contributed by atoms with Gasteiger partial charge in [0, 0.05) is 37.9 Å². The van der Waals surface area contributed by atoms with Crippen molar-refractivity contribution in [3.05, 3.63) is 53.6 Å². The molecule has 4 aliphatic heterocycles. The van der Waals surface area contributed by atoms with Gasteiger partial charge in [0.1, 0.15) is 5.82 Å². The fourth-order valence-corrected chi connectivity index (χ4v) is 5.39. The van der Waals surface area contributed by atoms with Gasteiger partial charge in [-0.15, -0.1) is 0 Å². The van der Waals surface area contributed by atoms with Gasteiger partial charge in [-0.05, 0) is 49.5 Å². The fraction of sp³-hybridized carbons (Fsp3) is 0.476. The number of fused-ring (bicyclic) bond motifs is 2. The Balaban J connectivity index is 1.49. The molecule has 1 amide bonds. The van der Waals surface area contributed by atoms with E-state index in [1.54, 1.807) is 19.4 Å². The van der Waals surface area contributed by atoms with Crippen molar-refractivity contribution in [1.82, 2.24) is 19.8 Å². The van der Waals surface area contributed by atoms with Crippen molar-refractivity contribution in [2.75, 3.05) is 32.0 Å². The molecule has 0 saturated carbocycles. The number of amides is 1. The van der Waals surface area contributed by atoms with Crippen molar-refractivity contribution in [2.24, 2.45) is 5.92 Å². The highest BCUT2D eigenvalue weighted by atomic mass is 19.1. The smallest absolute Gasteiger partial charge is 0.257 e. The van der Waals surface area contributed by atoms with Gasteiger partial charge >= 0.3 is 0 Å². The maximum absolute atomic E-state index is 13.5. The van der Waals surface area contributed by atoms with Crippen LogP contribution in [0.1, 0.15) is 34.7 Å². The molecule has 0 radical (unpaired) electrons. The normalized spacial score (nSPS) is 30.9. The standard InChI is InChI=1S/C21H24FN5O/c1-23-21-24-10-15(11-25-21)20(28)27-12-17(13-2-4-16(22)5-3-13)19-18(27)14-6-8-26(19)9-7-14/h2-5,10-11,14,17-19H,6-9,12H2,1H3,(H,23,24,25)/t17-,18+,19+/m1/s1. The molecule has 2 bridgehead atoms. The van der Waals surface area contributed by atoms with E-state index in [-0.39, 0.29) is 23.7 Å². The lowest BCUT2D eigenvalue weighted by atomic mass is 9.75. The minimum absolute atomic E-state index is 0.00369. The molecule has 5 heterocycles. The summed E-state index contributed by atoms with van der Waals surface area (Å²) in [4.78, 5) is 26.3. The third kappa shape index (κ3) is 2.76. The predicted molar refractivity (Wildman–Crippen MR) is 104 cm³/mol. The van der Waals surface area contributed by atoms with Crippen LogP contribution >= 0.6 is 0 Å². The number of hydrogen-bond donors (Lipinski definition) is 1. The Hall–Kier alpha value is -2.54. The lowest BCUT2D eigenvalue weighted by molar-refractivity contribution is -0.00343. The molecule has 4 aliphatic rings. The van der Waals surface area contributed by atoms with E-state index in [4.69, 9.17) is 0 Å². The summed E-state index contributed by atoms with van der Waals surface area (Å²) >= 11 is 0. The third-order valence-corrected chi connectivity index (χ3v) is 6.68. The molecule has 4 saturated heterocycles. The van der Waals surface area contributed by atoms with Crippen LogP contribution in [0.25, 0.3) is 0 Å². The van der Waals surface area contributed by atoms with E-state index in [0.29, 0.717) is 30.0 Å². The molecule has 6 rings (SSSR count). The molecule has 1 aromatic carbocycles. The average molecular weight is 381 g/mol. The summed E-state index contributed by atoms with van der Waals surface area (Å²) in [6.07, 6.45) is 5.47. The predicted octanol–water partition coefficient (Wildman–Crippen LogP) is 2.36. The molecule has 3 atom stereocenters. The van der Waals surface area contributed by atoms with Crippen molar-refractivity contribution in [3.63, 3.8) is 0 Å². The van der Waals surface area contributed by atoms with Crippen LogP contribution in [0.2, 0.25) is 0 Å². The number of nitrogens with zero attached hydrogens (tertiary/aromatic N) is 4. The topological polar surface area (TPSA) is 61.4 Å². The number of carbonyl (C=O) groups excluding carboxylic acids is 1. The summed E-state index contributed by atoms with van der Waals surface area (Å²) < 4.78 is 13.5. The van der Waals surface area contributed by atoms with Crippen LogP contribution < -0.4 is 5.32 Å². The first kappa shape index (κ1) is 17.6. The quantitative estimate of drug-likeness (QED) is 0.885. The molecule has 146 valence electrons. The molecule has 6 nitrogen and oxygen atoms in total. The number of hydrogen-bond acceptors (Lipinski definition) is 5. The van der Waals surface area contributed by atoms with Gasteiger partial charge in [-0.25, -0.2) is 14.4 Å². The van der Waals surface area contributed by atoms with E-state index in [1.165, 1.54) is 12.1 Å². The summed E-state index contributed by atoms with van der Waals surface area (Å²) in [6, 6.07) is 7.30. The van der Waals surface area contributed by atoms with Gasteiger partial charge in [0.15, 0.2) is 0 Å². The van der Waals surface area contributed by atoms with Gasteiger partial charge in [-0.2, -0.15) is 0 Å². The Bertz CT molecular complexity index is 863. The summed E-state index contributed by atoms with van der Waals surface area (Å²) in [5.41, 5.74) is 1.63. The van der Waals surface area contributed by atoms with E-state index in [9.17, 15) is 9.18 Å². The maximum Gasteiger partial charge on any atom is 0.257 e. The van der Waals surface area contributed by atoms with Crippen LogP contribution in [0.5, 0.6) is 0 Å². The first-order chi connectivity index (χ1) is 13.7. The van der Waals surface area contributed by atoms with Gasteiger partial charge in [0.25, 0.3) is 5.91 Å². The van der Waals surface area contributed by atoms with Crippen molar-refractivity contribution in [3.8, 4) is 0 Å². The zero-order chi connectivity index (χ0) is 19.3.